The van der Waals surface area contributed by atoms with E-state index in [9.17, 15) is 9.59 Å². The van der Waals surface area contributed by atoms with E-state index in [2.05, 4.69) is 9.72 Å². The van der Waals surface area contributed by atoms with Crippen LogP contribution in [0.3, 0.4) is 0 Å². The van der Waals surface area contributed by atoms with Gasteiger partial charge in [0.25, 0.3) is 0 Å². The lowest BCUT2D eigenvalue weighted by Gasteiger charge is -2.01. The van der Waals surface area contributed by atoms with Gasteiger partial charge in [0.05, 0.1) is 18.2 Å². The van der Waals surface area contributed by atoms with Gasteiger partial charge in [-0.15, -0.1) is 11.3 Å². The molecule has 0 aliphatic heterocycles. The lowest BCUT2D eigenvalue weighted by molar-refractivity contribution is 0.0595. The van der Waals surface area contributed by atoms with Crippen LogP contribution in [-0.2, 0) is 16.2 Å². The van der Waals surface area contributed by atoms with Gasteiger partial charge in [0.15, 0.2) is 10.7 Å². The Morgan fingerprint density at radius 1 is 1.26 bits per heavy atom. The van der Waals surface area contributed by atoms with Crippen LogP contribution in [0.25, 0.3) is 10.9 Å². The molecule has 0 atom stereocenters. The lowest BCUT2D eigenvalue weighted by atomic mass is 10.1. The first-order valence-electron chi connectivity index (χ1n) is 6.81. The van der Waals surface area contributed by atoms with Crippen molar-refractivity contribution in [2.75, 3.05) is 14.2 Å². The largest absolute Gasteiger partial charge is 0.464 e. The second kappa shape index (κ2) is 6.31. The molecule has 0 spiro atoms. The van der Waals surface area contributed by atoms with Crippen molar-refractivity contribution in [3.8, 4) is 0 Å². The quantitative estimate of drug-likeness (QED) is 0.531. The Morgan fingerprint density at radius 3 is 2.78 bits per heavy atom. The molecule has 3 aromatic rings. The normalized spacial score (nSPS) is 10.9. The SMILES string of the molecule is COCn1cc(C(=O)c2nc(C(=O)OC)cs2)c2ccccc21. The minimum Gasteiger partial charge on any atom is -0.464 e. The maximum Gasteiger partial charge on any atom is 0.357 e. The van der Waals surface area contributed by atoms with E-state index in [0.29, 0.717) is 12.3 Å². The molecule has 0 radical (unpaired) electrons. The summed E-state index contributed by atoms with van der Waals surface area (Å²) in [5, 5.41) is 2.60. The second-order valence-corrected chi connectivity index (χ2v) is 5.66. The topological polar surface area (TPSA) is 70.4 Å². The van der Waals surface area contributed by atoms with E-state index in [1.165, 1.54) is 12.5 Å². The van der Waals surface area contributed by atoms with Crippen LogP contribution in [-0.4, -0.2) is 35.5 Å². The van der Waals surface area contributed by atoms with Crippen molar-refractivity contribution in [2.24, 2.45) is 0 Å². The average Bonchev–Trinajstić information content (AvgIpc) is 3.20. The summed E-state index contributed by atoms with van der Waals surface area (Å²) >= 11 is 1.13. The summed E-state index contributed by atoms with van der Waals surface area (Å²) in [7, 11) is 2.88. The number of aromatic nitrogens is 2. The molecule has 1 aromatic carbocycles. The van der Waals surface area contributed by atoms with Crippen LogP contribution in [0.2, 0.25) is 0 Å². The number of benzene rings is 1. The molecule has 0 aliphatic rings. The third-order valence-corrected chi connectivity index (χ3v) is 4.24. The molecule has 3 rings (SSSR count). The van der Waals surface area contributed by atoms with Crippen molar-refractivity contribution in [2.45, 2.75) is 6.73 Å². The molecular weight excluding hydrogens is 316 g/mol. The Labute approximate surface area is 136 Å². The van der Waals surface area contributed by atoms with Crippen LogP contribution in [0.15, 0.2) is 35.8 Å². The van der Waals surface area contributed by atoms with Gasteiger partial charge in [-0.2, -0.15) is 0 Å². The number of fused-ring (bicyclic) bond motifs is 1. The van der Waals surface area contributed by atoms with E-state index >= 15 is 0 Å². The zero-order chi connectivity index (χ0) is 16.4. The van der Waals surface area contributed by atoms with E-state index in [4.69, 9.17) is 4.74 Å². The van der Waals surface area contributed by atoms with E-state index in [0.717, 1.165) is 22.2 Å². The van der Waals surface area contributed by atoms with Crippen LogP contribution in [0, 0.1) is 0 Å². The van der Waals surface area contributed by atoms with Gasteiger partial charge in [-0.25, -0.2) is 9.78 Å². The van der Waals surface area contributed by atoms with E-state index < -0.39 is 5.97 Å². The van der Waals surface area contributed by atoms with Crippen LogP contribution >= 0.6 is 11.3 Å². The summed E-state index contributed by atoms with van der Waals surface area (Å²) in [6, 6.07) is 7.58. The van der Waals surface area contributed by atoms with Gasteiger partial charge in [-0.1, -0.05) is 18.2 Å². The van der Waals surface area contributed by atoms with Gasteiger partial charge in [0, 0.05) is 24.1 Å². The maximum absolute atomic E-state index is 12.7. The number of esters is 1. The highest BCUT2D eigenvalue weighted by molar-refractivity contribution is 7.12. The number of ketones is 1. The summed E-state index contributed by atoms with van der Waals surface area (Å²) < 4.78 is 11.6. The fourth-order valence-electron chi connectivity index (χ4n) is 2.37. The number of carbonyl (C=O) groups is 2. The molecular formula is C16H14N2O4S. The molecule has 2 aromatic heterocycles. The van der Waals surface area contributed by atoms with Crippen molar-refractivity contribution in [1.29, 1.82) is 0 Å². The summed E-state index contributed by atoms with van der Waals surface area (Å²) in [6.45, 7) is 0.346. The van der Waals surface area contributed by atoms with Crippen molar-refractivity contribution in [1.82, 2.24) is 9.55 Å². The number of thiazole rings is 1. The zero-order valence-electron chi connectivity index (χ0n) is 12.6. The van der Waals surface area contributed by atoms with Crippen LogP contribution < -0.4 is 0 Å². The summed E-state index contributed by atoms with van der Waals surface area (Å²) in [5.41, 5.74) is 1.58. The Balaban J connectivity index is 2.04. The molecule has 6 nitrogen and oxygen atoms in total. The Bertz CT molecular complexity index is 881. The fourth-order valence-corrected chi connectivity index (χ4v) is 3.11. The molecule has 0 N–H and O–H groups in total. The molecule has 7 heteroatoms. The Morgan fingerprint density at radius 2 is 2.04 bits per heavy atom. The lowest BCUT2D eigenvalue weighted by Crippen LogP contribution is -2.05. The first kappa shape index (κ1) is 15.4. The molecule has 0 aliphatic carbocycles. The molecule has 0 amide bonds. The van der Waals surface area contributed by atoms with Crippen LogP contribution in [0.1, 0.15) is 25.9 Å². The highest BCUT2D eigenvalue weighted by Crippen LogP contribution is 2.25. The number of para-hydroxylation sites is 1. The standard InChI is InChI=1S/C16H14N2O4S/c1-21-9-18-7-11(10-5-3-4-6-13(10)18)14(19)15-17-12(8-23-15)16(20)22-2/h3-8H,9H2,1-2H3. The van der Waals surface area contributed by atoms with Gasteiger partial charge in [0.1, 0.15) is 6.73 Å². The molecule has 0 saturated heterocycles. The van der Waals surface area contributed by atoms with Crippen molar-refractivity contribution >= 4 is 34.0 Å². The van der Waals surface area contributed by atoms with Gasteiger partial charge in [0.2, 0.25) is 5.78 Å². The highest BCUT2D eigenvalue weighted by Gasteiger charge is 2.21. The fraction of sp³-hybridized carbons (Fsp3) is 0.188. The predicted molar refractivity (Wildman–Crippen MR) is 85.8 cm³/mol. The van der Waals surface area contributed by atoms with Gasteiger partial charge < -0.3 is 14.0 Å². The van der Waals surface area contributed by atoms with E-state index in [1.54, 1.807) is 13.3 Å². The van der Waals surface area contributed by atoms with Crippen molar-refractivity contribution in [3.63, 3.8) is 0 Å². The highest BCUT2D eigenvalue weighted by atomic mass is 32.1. The molecule has 0 saturated carbocycles. The maximum atomic E-state index is 12.7. The van der Waals surface area contributed by atoms with Crippen molar-refractivity contribution < 1.29 is 19.1 Å². The molecule has 0 fully saturated rings. The molecule has 2 heterocycles. The average molecular weight is 330 g/mol. The molecule has 118 valence electrons. The summed E-state index contributed by atoms with van der Waals surface area (Å²) in [4.78, 5) is 28.3. The second-order valence-electron chi connectivity index (χ2n) is 4.81. The predicted octanol–water partition coefficient (Wildman–Crippen LogP) is 2.72. The van der Waals surface area contributed by atoms with E-state index in [-0.39, 0.29) is 16.5 Å². The third kappa shape index (κ3) is 2.76. The Hall–Kier alpha value is -2.51. The number of hydrogen-bond donors (Lipinski definition) is 0. The zero-order valence-corrected chi connectivity index (χ0v) is 13.4. The monoisotopic (exact) mass is 330 g/mol. The van der Waals surface area contributed by atoms with Gasteiger partial charge in [-0.3, -0.25) is 4.79 Å². The number of carbonyl (C=O) groups excluding carboxylic acids is 2. The van der Waals surface area contributed by atoms with E-state index in [1.807, 2.05) is 28.8 Å². The Kier molecular flexibility index (Phi) is 4.22. The number of rotatable bonds is 5. The summed E-state index contributed by atoms with van der Waals surface area (Å²) in [5.74, 6) is -0.779. The van der Waals surface area contributed by atoms with Crippen LogP contribution in [0.4, 0.5) is 0 Å². The minimum absolute atomic E-state index is 0.140. The van der Waals surface area contributed by atoms with Crippen LogP contribution in [0.5, 0.6) is 0 Å². The number of hydrogen-bond acceptors (Lipinski definition) is 6. The van der Waals surface area contributed by atoms with Crippen molar-refractivity contribution in [3.05, 3.63) is 52.1 Å². The smallest absolute Gasteiger partial charge is 0.357 e. The number of nitrogens with zero attached hydrogens (tertiary/aromatic N) is 2. The summed E-state index contributed by atoms with van der Waals surface area (Å²) in [6.07, 6.45) is 1.75. The molecule has 23 heavy (non-hydrogen) atoms. The number of methoxy groups -OCH3 is 2. The third-order valence-electron chi connectivity index (χ3n) is 3.39. The van der Waals surface area contributed by atoms with Gasteiger partial charge >= 0.3 is 5.97 Å². The minimum atomic E-state index is -0.554. The molecule has 0 bridgehead atoms. The van der Waals surface area contributed by atoms with Gasteiger partial charge in [-0.05, 0) is 6.07 Å². The first-order valence-corrected chi connectivity index (χ1v) is 7.69. The number of ether oxygens (including phenoxy) is 2. The molecule has 0 unspecified atom stereocenters. The first-order chi connectivity index (χ1) is 11.2.